The highest BCUT2D eigenvalue weighted by molar-refractivity contribution is 5.99. The summed E-state index contributed by atoms with van der Waals surface area (Å²) in [7, 11) is 1.68. The monoisotopic (exact) mass is 716 g/mol. The van der Waals surface area contributed by atoms with Crippen molar-refractivity contribution in [2.24, 2.45) is 17.6 Å². The summed E-state index contributed by atoms with van der Waals surface area (Å²) in [5.74, 6) is -0.181. The smallest absolute Gasteiger partial charge is 0.270 e. The fraction of sp³-hybridized carbons (Fsp3) is 0.537. The third-order valence-electron chi connectivity index (χ3n) is 9.54. The molecular weight excluding hydrogens is 656 g/mol. The molecule has 1 saturated carbocycles. The minimum absolute atomic E-state index is 0.0677. The van der Waals surface area contributed by atoms with Gasteiger partial charge in [-0.3, -0.25) is 19.2 Å². The zero-order chi connectivity index (χ0) is 38.1. The predicted octanol–water partition coefficient (Wildman–Crippen LogP) is 5.02. The van der Waals surface area contributed by atoms with Gasteiger partial charge in [0.25, 0.3) is 5.91 Å². The molecule has 2 heterocycles. The van der Waals surface area contributed by atoms with Gasteiger partial charge < -0.3 is 31.3 Å². The van der Waals surface area contributed by atoms with Gasteiger partial charge in [-0.1, -0.05) is 87.7 Å². The van der Waals surface area contributed by atoms with Crippen molar-refractivity contribution in [3.63, 3.8) is 0 Å². The zero-order valence-electron chi connectivity index (χ0n) is 31.9. The number of primary amides is 1. The van der Waals surface area contributed by atoms with Crippen LogP contribution in [0.3, 0.4) is 0 Å². The summed E-state index contributed by atoms with van der Waals surface area (Å²) in [5.41, 5.74) is 7.32. The fourth-order valence-electron chi connectivity index (χ4n) is 6.90. The highest BCUT2D eigenvalue weighted by atomic mass is 16.5. The molecule has 0 bridgehead atoms. The highest BCUT2D eigenvalue weighted by Crippen LogP contribution is 2.36. The van der Waals surface area contributed by atoms with Gasteiger partial charge in [-0.25, -0.2) is 4.98 Å². The van der Waals surface area contributed by atoms with Gasteiger partial charge in [-0.15, -0.1) is 0 Å². The number of ether oxygens (including phenoxy) is 1. The molecule has 1 aliphatic carbocycles. The second-order valence-corrected chi connectivity index (χ2v) is 14.5. The summed E-state index contributed by atoms with van der Waals surface area (Å²) >= 11 is 0. The number of likely N-dealkylation sites (tertiary alicyclic amines) is 1. The lowest BCUT2D eigenvalue weighted by molar-refractivity contribution is -0.128. The molecule has 4 amide bonds. The Balaban J connectivity index is 0.000000726. The van der Waals surface area contributed by atoms with Gasteiger partial charge in [0.2, 0.25) is 18.2 Å². The van der Waals surface area contributed by atoms with E-state index in [9.17, 15) is 19.2 Å². The number of aromatic nitrogens is 1. The molecule has 0 spiro atoms. The number of nitrogens with zero attached hydrogens (tertiary/aromatic N) is 2. The number of nitrogens with one attached hydrogen (secondary N) is 3. The van der Waals surface area contributed by atoms with Crippen LogP contribution in [0.5, 0.6) is 0 Å². The summed E-state index contributed by atoms with van der Waals surface area (Å²) in [6.07, 6.45) is 7.07. The van der Waals surface area contributed by atoms with Crippen LogP contribution in [0.1, 0.15) is 89.2 Å². The third-order valence-corrected chi connectivity index (χ3v) is 9.54. The second-order valence-electron chi connectivity index (χ2n) is 14.5. The van der Waals surface area contributed by atoms with Gasteiger partial charge in [0, 0.05) is 31.1 Å². The molecule has 1 saturated heterocycles. The molecule has 2 aromatic carbocycles. The van der Waals surface area contributed by atoms with Crippen LogP contribution in [0.4, 0.5) is 0 Å². The van der Waals surface area contributed by atoms with Crippen molar-refractivity contribution in [3.05, 3.63) is 78.0 Å². The summed E-state index contributed by atoms with van der Waals surface area (Å²) in [4.78, 5) is 55.5. The minimum Gasteiger partial charge on any atom is -0.378 e. The van der Waals surface area contributed by atoms with E-state index in [2.05, 4.69) is 25.8 Å². The van der Waals surface area contributed by atoms with E-state index in [0.29, 0.717) is 24.9 Å². The number of piperidine rings is 1. The van der Waals surface area contributed by atoms with Crippen molar-refractivity contribution in [2.45, 2.75) is 103 Å². The predicted molar refractivity (Wildman–Crippen MR) is 206 cm³/mol. The van der Waals surface area contributed by atoms with Gasteiger partial charge in [-0.05, 0) is 76.1 Å². The first-order valence-corrected chi connectivity index (χ1v) is 18.7. The lowest BCUT2D eigenvalue weighted by Crippen LogP contribution is -2.57. The molecule has 11 heteroatoms. The molecule has 5 atom stereocenters. The maximum atomic E-state index is 13.7. The molecule has 2 fully saturated rings. The third kappa shape index (κ3) is 13.7. The van der Waals surface area contributed by atoms with Crippen LogP contribution in [0, 0.1) is 11.8 Å². The quantitative estimate of drug-likeness (QED) is 0.181. The molecule has 284 valence electrons. The Morgan fingerprint density at radius 3 is 2.25 bits per heavy atom. The molecular formula is C41H60N6O5. The number of hydrogen-bond donors (Lipinski definition) is 4. The van der Waals surface area contributed by atoms with E-state index < -0.39 is 29.8 Å². The number of pyridine rings is 1. The normalized spacial score (nSPS) is 18.8. The number of nitrogens with two attached hydrogens (primary N) is 1. The van der Waals surface area contributed by atoms with Gasteiger partial charge in [0.05, 0.1) is 24.1 Å². The Kier molecular flexibility index (Phi) is 17.2. The highest BCUT2D eigenvalue weighted by Gasteiger charge is 2.35. The van der Waals surface area contributed by atoms with Crippen molar-refractivity contribution in [1.82, 2.24) is 25.8 Å². The SMILES string of the molecule is CC.CC(C)(C)NC=O.COC(CN1CCC2CCCCC2C1)C(Cc1ccccc1)NC(=O)[C@H](CC(N)=O)NC(=O)c1ccc2ccccc2n1. The van der Waals surface area contributed by atoms with Gasteiger partial charge in [0.15, 0.2) is 0 Å². The first kappa shape index (κ1) is 42.1. The Hall–Kier alpha value is -4.35. The number of fused-ring (bicyclic) bond motifs is 2. The second kappa shape index (κ2) is 21.2. The Morgan fingerprint density at radius 2 is 1.62 bits per heavy atom. The van der Waals surface area contributed by atoms with Crippen molar-refractivity contribution in [2.75, 3.05) is 26.7 Å². The van der Waals surface area contributed by atoms with Crippen LogP contribution in [0.2, 0.25) is 0 Å². The Morgan fingerprint density at radius 1 is 0.942 bits per heavy atom. The zero-order valence-corrected chi connectivity index (χ0v) is 31.9. The summed E-state index contributed by atoms with van der Waals surface area (Å²) in [5, 5.41) is 9.32. The molecule has 5 N–H and O–H groups in total. The number of amides is 4. The number of benzene rings is 2. The van der Waals surface area contributed by atoms with E-state index in [1.807, 2.05) is 89.2 Å². The minimum atomic E-state index is -1.16. The lowest BCUT2D eigenvalue weighted by Gasteiger charge is -2.43. The topological polar surface area (TPSA) is 156 Å². The standard InChI is InChI=1S/C34H43N5O4.C5H11NO.C2H6/c1-43-31(22-39-18-17-24-11-5-6-13-26(24)21-39)29(19-23-9-3-2-4-10-23)37-34(42)30(20-32(35)40)38-33(41)28-16-15-25-12-7-8-14-27(25)36-28;1-5(2,3)6-4-7;1-2/h2-4,7-10,12,14-16,24,26,29-31H,5-6,11,13,17-22H2,1H3,(H2,35,40)(H,37,42)(H,38,41);4H,1-3H3,(H,6,7);1-2H3/t24?,26?,29?,30-,31?;;/m0../s1. The Labute approximate surface area is 309 Å². The number of hydrogen-bond acceptors (Lipinski definition) is 7. The van der Waals surface area contributed by atoms with Crippen molar-refractivity contribution in [1.29, 1.82) is 0 Å². The Bertz CT molecular complexity index is 1560. The van der Waals surface area contributed by atoms with Crippen molar-refractivity contribution < 1.29 is 23.9 Å². The lowest BCUT2D eigenvalue weighted by atomic mass is 9.75. The van der Waals surface area contributed by atoms with E-state index in [1.54, 1.807) is 19.2 Å². The largest absolute Gasteiger partial charge is 0.378 e. The molecule has 1 aliphatic heterocycles. The molecule has 2 aliphatic rings. The maximum Gasteiger partial charge on any atom is 0.270 e. The summed E-state index contributed by atoms with van der Waals surface area (Å²) < 4.78 is 6.03. The van der Waals surface area contributed by atoms with Crippen LogP contribution in [-0.4, -0.2) is 84.5 Å². The molecule has 1 aromatic heterocycles. The molecule has 3 aromatic rings. The number of carbonyl (C=O) groups excluding carboxylic acids is 4. The van der Waals surface area contributed by atoms with Crippen molar-refractivity contribution in [3.8, 4) is 0 Å². The number of methoxy groups -OCH3 is 1. The summed E-state index contributed by atoms with van der Waals surface area (Å²) in [6, 6.07) is 19.2. The van der Waals surface area contributed by atoms with Crippen LogP contribution >= 0.6 is 0 Å². The average Bonchev–Trinajstić information content (AvgIpc) is 3.13. The first-order valence-electron chi connectivity index (χ1n) is 18.7. The maximum absolute atomic E-state index is 13.7. The van der Waals surface area contributed by atoms with E-state index in [-0.39, 0.29) is 23.8 Å². The van der Waals surface area contributed by atoms with Crippen LogP contribution in [0.25, 0.3) is 10.9 Å². The van der Waals surface area contributed by atoms with Gasteiger partial charge in [0.1, 0.15) is 11.7 Å². The molecule has 5 rings (SSSR count). The average molecular weight is 717 g/mol. The van der Waals surface area contributed by atoms with E-state index in [0.717, 1.165) is 35.9 Å². The molecule has 52 heavy (non-hydrogen) atoms. The van der Waals surface area contributed by atoms with Gasteiger partial charge in [-0.2, -0.15) is 0 Å². The summed E-state index contributed by atoms with van der Waals surface area (Å²) in [6.45, 7) is 12.6. The van der Waals surface area contributed by atoms with E-state index in [4.69, 9.17) is 10.5 Å². The van der Waals surface area contributed by atoms with E-state index in [1.165, 1.54) is 32.1 Å². The van der Waals surface area contributed by atoms with E-state index >= 15 is 0 Å². The van der Waals surface area contributed by atoms with Crippen molar-refractivity contribution >= 4 is 35.0 Å². The molecule has 4 unspecified atom stereocenters. The molecule has 11 nitrogen and oxygen atoms in total. The number of carbonyl (C=O) groups is 4. The number of rotatable bonds is 13. The fourth-order valence-corrected chi connectivity index (χ4v) is 6.90. The number of para-hydroxylation sites is 1. The van der Waals surface area contributed by atoms with Gasteiger partial charge >= 0.3 is 0 Å². The van der Waals surface area contributed by atoms with Crippen LogP contribution in [0.15, 0.2) is 66.7 Å². The van der Waals surface area contributed by atoms with Crippen LogP contribution in [-0.2, 0) is 25.5 Å². The first-order chi connectivity index (χ1) is 25.0. The van der Waals surface area contributed by atoms with Crippen LogP contribution < -0.4 is 21.7 Å². The molecule has 0 radical (unpaired) electrons.